The molecule has 0 aliphatic carbocycles. The fourth-order valence-electron chi connectivity index (χ4n) is 1.82. The molecule has 108 valence electrons. The van der Waals surface area contributed by atoms with E-state index in [1.54, 1.807) is 24.3 Å². The van der Waals surface area contributed by atoms with Gasteiger partial charge in [0.2, 0.25) is 5.95 Å². The molecule has 0 aliphatic rings. The molecule has 0 radical (unpaired) electrons. The first-order chi connectivity index (χ1) is 10.1. The Bertz CT molecular complexity index is 646. The highest BCUT2D eigenvalue weighted by atomic mass is 19.1. The fourth-order valence-corrected chi connectivity index (χ4v) is 1.82. The summed E-state index contributed by atoms with van der Waals surface area (Å²) in [6.45, 7) is 0. The number of benzene rings is 1. The second-order valence-corrected chi connectivity index (χ2v) is 4.40. The molecule has 0 bridgehead atoms. The van der Waals surface area contributed by atoms with Gasteiger partial charge in [0.25, 0.3) is 5.91 Å². The molecule has 2 rings (SSSR count). The van der Waals surface area contributed by atoms with E-state index in [0.717, 1.165) is 11.6 Å². The average molecular weight is 288 g/mol. The van der Waals surface area contributed by atoms with Gasteiger partial charge in [-0.05, 0) is 17.7 Å². The van der Waals surface area contributed by atoms with Crippen LogP contribution in [0.1, 0.15) is 16.1 Å². The lowest BCUT2D eigenvalue weighted by molar-refractivity contribution is -0.139. The maximum Gasteiger partial charge on any atom is 0.326 e. The lowest BCUT2D eigenvalue weighted by atomic mass is 10.1. The number of pyridine rings is 1. The second-order valence-electron chi connectivity index (χ2n) is 4.40. The summed E-state index contributed by atoms with van der Waals surface area (Å²) in [6.07, 6.45) is 0.136. The average Bonchev–Trinajstić information content (AvgIpc) is 2.47. The van der Waals surface area contributed by atoms with Crippen LogP contribution in [-0.2, 0) is 11.2 Å². The highest BCUT2D eigenvalue weighted by Crippen LogP contribution is 2.05. The van der Waals surface area contributed by atoms with Crippen LogP contribution in [-0.4, -0.2) is 28.0 Å². The Labute approximate surface area is 120 Å². The standard InChI is InChI=1S/C15H13FN2O3/c16-13-8-4-7-11(17-13)14(19)18-12(15(20)21)9-10-5-2-1-3-6-10/h1-8,12H,9H2,(H,18,19)(H,20,21). The molecule has 6 heteroatoms. The molecule has 0 saturated heterocycles. The molecular weight excluding hydrogens is 275 g/mol. The molecule has 0 spiro atoms. The molecule has 0 saturated carbocycles. The summed E-state index contributed by atoms with van der Waals surface area (Å²) in [7, 11) is 0. The Hall–Kier alpha value is -2.76. The van der Waals surface area contributed by atoms with E-state index in [9.17, 15) is 19.1 Å². The van der Waals surface area contributed by atoms with Gasteiger partial charge in [-0.3, -0.25) is 4.79 Å². The summed E-state index contributed by atoms with van der Waals surface area (Å²) in [5, 5.41) is 11.5. The Morgan fingerprint density at radius 2 is 1.86 bits per heavy atom. The Balaban J connectivity index is 2.10. The van der Waals surface area contributed by atoms with Crippen molar-refractivity contribution in [3.8, 4) is 0 Å². The summed E-state index contributed by atoms with van der Waals surface area (Å²) < 4.78 is 13.0. The van der Waals surface area contributed by atoms with Crippen molar-refractivity contribution in [1.82, 2.24) is 10.3 Å². The van der Waals surface area contributed by atoms with E-state index in [1.807, 2.05) is 6.07 Å². The van der Waals surface area contributed by atoms with E-state index in [1.165, 1.54) is 12.1 Å². The first-order valence-corrected chi connectivity index (χ1v) is 6.26. The van der Waals surface area contributed by atoms with Crippen LogP contribution in [0.25, 0.3) is 0 Å². The molecule has 1 aromatic carbocycles. The zero-order valence-electron chi connectivity index (χ0n) is 11.0. The van der Waals surface area contributed by atoms with E-state index in [4.69, 9.17) is 0 Å². The van der Waals surface area contributed by atoms with Crippen molar-refractivity contribution in [2.45, 2.75) is 12.5 Å². The van der Waals surface area contributed by atoms with Gasteiger partial charge in [0.05, 0.1) is 0 Å². The van der Waals surface area contributed by atoms with Crippen molar-refractivity contribution in [3.05, 3.63) is 65.7 Å². The maximum atomic E-state index is 13.0. The second kappa shape index (κ2) is 6.60. The summed E-state index contributed by atoms with van der Waals surface area (Å²) in [6, 6.07) is 11.6. The number of carboxylic acids is 1. The van der Waals surface area contributed by atoms with Crippen molar-refractivity contribution in [2.75, 3.05) is 0 Å². The molecule has 1 amide bonds. The number of rotatable bonds is 5. The van der Waals surface area contributed by atoms with Crippen LogP contribution in [0.2, 0.25) is 0 Å². The maximum absolute atomic E-state index is 13.0. The smallest absolute Gasteiger partial charge is 0.326 e. The van der Waals surface area contributed by atoms with Crippen molar-refractivity contribution in [3.63, 3.8) is 0 Å². The Morgan fingerprint density at radius 1 is 1.14 bits per heavy atom. The summed E-state index contributed by atoms with van der Waals surface area (Å²) in [4.78, 5) is 26.5. The van der Waals surface area contributed by atoms with E-state index in [0.29, 0.717) is 0 Å². The van der Waals surface area contributed by atoms with Crippen LogP contribution in [0.15, 0.2) is 48.5 Å². The van der Waals surface area contributed by atoms with Gasteiger partial charge in [-0.1, -0.05) is 36.4 Å². The molecule has 2 aromatic rings. The summed E-state index contributed by atoms with van der Waals surface area (Å²) >= 11 is 0. The molecule has 5 nitrogen and oxygen atoms in total. The number of hydrogen-bond donors (Lipinski definition) is 2. The lowest BCUT2D eigenvalue weighted by Crippen LogP contribution is -2.42. The van der Waals surface area contributed by atoms with Crippen LogP contribution in [0, 0.1) is 5.95 Å². The number of nitrogens with zero attached hydrogens (tertiary/aromatic N) is 1. The minimum atomic E-state index is -1.16. The number of aliphatic carboxylic acids is 1. The van der Waals surface area contributed by atoms with E-state index in [2.05, 4.69) is 10.3 Å². The number of halogens is 1. The number of nitrogens with one attached hydrogen (secondary N) is 1. The van der Waals surface area contributed by atoms with Gasteiger partial charge < -0.3 is 10.4 Å². The van der Waals surface area contributed by atoms with Crippen molar-refractivity contribution in [2.24, 2.45) is 0 Å². The quantitative estimate of drug-likeness (QED) is 0.820. The van der Waals surface area contributed by atoms with Gasteiger partial charge in [0.1, 0.15) is 11.7 Å². The first-order valence-electron chi connectivity index (χ1n) is 6.26. The normalized spacial score (nSPS) is 11.7. The molecular formula is C15H13FN2O3. The molecule has 21 heavy (non-hydrogen) atoms. The number of amides is 1. The summed E-state index contributed by atoms with van der Waals surface area (Å²) in [5.74, 6) is -2.68. The van der Waals surface area contributed by atoms with Gasteiger partial charge in [0.15, 0.2) is 0 Å². The molecule has 1 aromatic heterocycles. The topological polar surface area (TPSA) is 79.3 Å². The fraction of sp³-hybridized carbons (Fsp3) is 0.133. The number of carbonyl (C=O) groups is 2. The SMILES string of the molecule is O=C(NC(Cc1ccccc1)C(=O)O)c1cccc(F)n1. The van der Waals surface area contributed by atoms with Gasteiger partial charge in [-0.2, -0.15) is 4.39 Å². The van der Waals surface area contributed by atoms with E-state index >= 15 is 0 Å². The monoisotopic (exact) mass is 288 g/mol. The third kappa shape index (κ3) is 4.10. The number of carboxylic acid groups (broad SMARTS) is 1. The minimum Gasteiger partial charge on any atom is -0.480 e. The van der Waals surface area contributed by atoms with Gasteiger partial charge in [-0.15, -0.1) is 0 Å². The largest absolute Gasteiger partial charge is 0.480 e. The third-order valence-electron chi connectivity index (χ3n) is 2.83. The van der Waals surface area contributed by atoms with E-state index < -0.39 is 23.9 Å². The van der Waals surface area contributed by atoms with Gasteiger partial charge >= 0.3 is 5.97 Å². The number of carbonyl (C=O) groups excluding carboxylic acids is 1. The number of aromatic nitrogens is 1. The van der Waals surface area contributed by atoms with Crippen LogP contribution < -0.4 is 5.32 Å². The summed E-state index contributed by atoms with van der Waals surface area (Å²) in [5.41, 5.74) is 0.617. The Morgan fingerprint density at radius 3 is 2.48 bits per heavy atom. The minimum absolute atomic E-state index is 0.136. The zero-order chi connectivity index (χ0) is 15.2. The van der Waals surface area contributed by atoms with Crippen LogP contribution >= 0.6 is 0 Å². The van der Waals surface area contributed by atoms with Crippen molar-refractivity contribution < 1.29 is 19.1 Å². The lowest BCUT2D eigenvalue weighted by Gasteiger charge is -2.14. The third-order valence-corrected chi connectivity index (χ3v) is 2.83. The van der Waals surface area contributed by atoms with Gasteiger partial charge in [0, 0.05) is 6.42 Å². The highest BCUT2D eigenvalue weighted by molar-refractivity contribution is 5.94. The molecule has 1 heterocycles. The molecule has 0 aliphatic heterocycles. The van der Waals surface area contributed by atoms with Gasteiger partial charge in [-0.25, -0.2) is 9.78 Å². The molecule has 0 fully saturated rings. The first kappa shape index (κ1) is 14.6. The predicted molar refractivity (Wildman–Crippen MR) is 73.2 cm³/mol. The number of hydrogen-bond acceptors (Lipinski definition) is 3. The Kier molecular flexibility index (Phi) is 4.61. The van der Waals surface area contributed by atoms with Crippen LogP contribution in [0.5, 0.6) is 0 Å². The highest BCUT2D eigenvalue weighted by Gasteiger charge is 2.21. The van der Waals surface area contributed by atoms with E-state index in [-0.39, 0.29) is 12.1 Å². The van der Waals surface area contributed by atoms with Crippen molar-refractivity contribution >= 4 is 11.9 Å². The molecule has 1 atom stereocenters. The predicted octanol–water partition coefficient (Wildman–Crippen LogP) is 1.65. The van der Waals surface area contributed by atoms with Crippen LogP contribution in [0.3, 0.4) is 0 Å². The zero-order valence-corrected chi connectivity index (χ0v) is 11.0. The van der Waals surface area contributed by atoms with Crippen molar-refractivity contribution in [1.29, 1.82) is 0 Å². The van der Waals surface area contributed by atoms with Crippen LogP contribution in [0.4, 0.5) is 4.39 Å². The molecule has 2 N–H and O–H groups in total. The molecule has 1 unspecified atom stereocenters.